The molecule has 2 aromatic rings. The minimum atomic E-state index is 0.114. The third-order valence-electron chi connectivity index (χ3n) is 3.60. The van der Waals surface area contributed by atoms with Crippen LogP contribution in [-0.2, 0) is 17.8 Å². The fourth-order valence-corrected chi connectivity index (χ4v) is 2.25. The standard InChI is InChI=1S/C18H22N2O2/c1-3-20(13-15-6-10-17(22-2)11-7-15)18(21)12-14-4-8-16(19)9-5-14/h4-11H,3,12-13,19H2,1-2H3. The second-order valence-electron chi connectivity index (χ2n) is 5.17. The molecule has 0 atom stereocenters. The summed E-state index contributed by atoms with van der Waals surface area (Å²) in [6.07, 6.45) is 0.393. The molecule has 0 aliphatic heterocycles. The van der Waals surface area contributed by atoms with Crippen molar-refractivity contribution in [2.24, 2.45) is 0 Å². The first kappa shape index (κ1) is 15.9. The summed E-state index contributed by atoms with van der Waals surface area (Å²) in [7, 11) is 1.64. The SMILES string of the molecule is CCN(Cc1ccc(OC)cc1)C(=O)Cc1ccc(N)cc1. The number of hydrogen-bond donors (Lipinski definition) is 1. The van der Waals surface area contributed by atoms with E-state index in [0.717, 1.165) is 16.9 Å². The summed E-state index contributed by atoms with van der Waals surface area (Å²) in [6.45, 7) is 3.28. The number of anilines is 1. The number of rotatable bonds is 6. The number of carbonyl (C=O) groups is 1. The molecular weight excluding hydrogens is 276 g/mol. The fourth-order valence-electron chi connectivity index (χ4n) is 2.25. The van der Waals surface area contributed by atoms with Gasteiger partial charge in [0.1, 0.15) is 5.75 Å². The minimum absolute atomic E-state index is 0.114. The Morgan fingerprint density at radius 2 is 1.64 bits per heavy atom. The molecule has 0 saturated heterocycles. The van der Waals surface area contributed by atoms with Crippen molar-refractivity contribution in [1.82, 2.24) is 4.90 Å². The van der Waals surface area contributed by atoms with E-state index in [2.05, 4.69) is 0 Å². The van der Waals surface area contributed by atoms with Gasteiger partial charge in [0.2, 0.25) is 5.91 Å². The highest BCUT2D eigenvalue weighted by atomic mass is 16.5. The summed E-state index contributed by atoms with van der Waals surface area (Å²) in [4.78, 5) is 14.3. The minimum Gasteiger partial charge on any atom is -0.497 e. The molecule has 116 valence electrons. The van der Waals surface area contributed by atoms with Crippen molar-refractivity contribution >= 4 is 11.6 Å². The van der Waals surface area contributed by atoms with Crippen LogP contribution in [0.15, 0.2) is 48.5 Å². The van der Waals surface area contributed by atoms with Crippen LogP contribution < -0.4 is 10.5 Å². The lowest BCUT2D eigenvalue weighted by molar-refractivity contribution is -0.130. The van der Waals surface area contributed by atoms with Crippen molar-refractivity contribution in [3.05, 3.63) is 59.7 Å². The molecular formula is C18H22N2O2. The molecule has 0 aliphatic rings. The van der Waals surface area contributed by atoms with Gasteiger partial charge in [0.25, 0.3) is 0 Å². The van der Waals surface area contributed by atoms with Crippen molar-refractivity contribution in [2.45, 2.75) is 19.9 Å². The Morgan fingerprint density at radius 3 is 2.18 bits per heavy atom. The maximum atomic E-state index is 12.4. The first-order chi connectivity index (χ1) is 10.6. The summed E-state index contributed by atoms with van der Waals surface area (Å²) in [5.41, 5.74) is 8.44. The van der Waals surface area contributed by atoms with Gasteiger partial charge in [-0.25, -0.2) is 0 Å². The Bertz CT molecular complexity index is 606. The highest BCUT2D eigenvalue weighted by molar-refractivity contribution is 5.78. The molecule has 4 nitrogen and oxygen atoms in total. The molecule has 0 radical (unpaired) electrons. The molecule has 2 aromatic carbocycles. The van der Waals surface area contributed by atoms with Gasteiger partial charge in [0, 0.05) is 18.8 Å². The van der Waals surface area contributed by atoms with Gasteiger partial charge in [0.05, 0.1) is 13.5 Å². The van der Waals surface area contributed by atoms with Crippen LogP contribution in [0.3, 0.4) is 0 Å². The van der Waals surface area contributed by atoms with E-state index < -0.39 is 0 Å². The van der Waals surface area contributed by atoms with E-state index in [0.29, 0.717) is 25.2 Å². The Hall–Kier alpha value is -2.49. The average molecular weight is 298 g/mol. The van der Waals surface area contributed by atoms with E-state index in [1.165, 1.54) is 0 Å². The maximum Gasteiger partial charge on any atom is 0.227 e. The molecule has 4 heteroatoms. The first-order valence-corrected chi connectivity index (χ1v) is 7.37. The lowest BCUT2D eigenvalue weighted by atomic mass is 10.1. The number of benzene rings is 2. The van der Waals surface area contributed by atoms with Crippen molar-refractivity contribution in [3.63, 3.8) is 0 Å². The van der Waals surface area contributed by atoms with E-state index in [1.807, 2.05) is 60.4 Å². The second-order valence-corrected chi connectivity index (χ2v) is 5.17. The van der Waals surface area contributed by atoms with Crippen LogP contribution in [-0.4, -0.2) is 24.5 Å². The molecule has 0 aromatic heterocycles. The lowest BCUT2D eigenvalue weighted by Crippen LogP contribution is -2.31. The van der Waals surface area contributed by atoms with E-state index in [-0.39, 0.29) is 5.91 Å². The Morgan fingerprint density at radius 1 is 1.05 bits per heavy atom. The molecule has 2 N–H and O–H groups in total. The average Bonchev–Trinajstić information content (AvgIpc) is 2.55. The number of carbonyl (C=O) groups excluding carboxylic acids is 1. The zero-order valence-corrected chi connectivity index (χ0v) is 13.1. The Labute approximate surface area is 131 Å². The summed E-state index contributed by atoms with van der Waals surface area (Å²) in [6, 6.07) is 15.2. The first-order valence-electron chi connectivity index (χ1n) is 7.37. The molecule has 0 fully saturated rings. The maximum absolute atomic E-state index is 12.4. The second kappa shape index (κ2) is 7.50. The van der Waals surface area contributed by atoms with Gasteiger partial charge < -0.3 is 15.4 Å². The van der Waals surface area contributed by atoms with Gasteiger partial charge in [-0.3, -0.25) is 4.79 Å². The number of methoxy groups -OCH3 is 1. The van der Waals surface area contributed by atoms with E-state index in [1.54, 1.807) is 7.11 Å². The molecule has 22 heavy (non-hydrogen) atoms. The quantitative estimate of drug-likeness (QED) is 0.834. The van der Waals surface area contributed by atoms with Crippen molar-refractivity contribution in [1.29, 1.82) is 0 Å². The summed E-state index contributed by atoms with van der Waals surface area (Å²) in [5.74, 6) is 0.933. The van der Waals surface area contributed by atoms with Gasteiger partial charge in [-0.05, 0) is 42.3 Å². The number of amides is 1. The number of nitrogens with zero attached hydrogens (tertiary/aromatic N) is 1. The lowest BCUT2D eigenvalue weighted by Gasteiger charge is -2.21. The highest BCUT2D eigenvalue weighted by Crippen LogP contribution is 2.14. The highest BCUT2D eigenvalue weighted by Gasteiger charge is 2.13. The van der Waals surface area contributed by atoms with Crippen LogP contribution in [0.1, 0.15) is 18.1 Å². The third kappa shape index (κ3) is 4.25. The number of likely N-dealkylation sites (N-methyl/N-ethyl adjacent to an activating group) is 1. The van der Waals surface area contributed by atoms with Crippen LogP contribution in [0, 0.1) is 0 Å². The summed E-state index contributed by atoms with van der Waals surface area (Å²) >= 11 is 0. The monoisotopic (exact) mass is 298 g/mol. The zero-order valence-electron chi connectivity index (χ0n) is 13.1. The molecule has 1 amide bonds. The van der Waals surface area contributed by atoms with Crippen molar-refractivity contribution < 1.29 is 9.53 Å². The molecule has 0 unspecified atom stereocenters. The fraction of sp³-hybridized carbons (Fsp3) is 0.278. The largest absolute Gasteiger partial charge is 0.497 e. The summed E-state index contributed by atoms with van der Waals surface area (Å²) < 4.78 is 5.15. The van der Waals surface area contributed by atoms with Crippen molar-refractivity contribution in [2.75, 3.05) is 19.4 Å². The molecule has 0 saturated carbocycles. The van der Waals surface area contributed by atoms with E-state index in [4.69, 9.17) is 10.5 Å². The predicted molar refractivity (Wildman–Crippen MR) is 88.6 cm³/mol. The molecule has 0 aliphatic carbocycles. The molecule has 0 heterocycles. The number of nitrogens with two attached hydrogens (primary N) is 1. The number of nitrogen functional groups attached to an aromatic ring is 1. The third-order valence-corrected chi connectivity index (χ3v) is 3.60. The van der Waals surface area contributed by atoms with Gasteiger partial charge in [-0.2, -0.15) is 0 Å². The topological polar surface area (TPSA) is 55.6 Å². The van der Waals surface area contributed by atoms with Crippen LogP contribution in [0.25, 0.3) is 0 Å². The molecule has 0 bridgehead atoms. The number of hydrogen-bond acceptors (Lipinski definition) is 3. The van der Waals surface area contributed by atoms with E-state index in [9.17, 15) is 4.79 Å². The molecule has 0 spiro atoms. The van der Waals surface area contributed by atoms with Crippen LogP contribution in [0.2, 0.25) is 0 Å². The molecule has 2 rings (SSSR count). The van der Waals surface area contributed by atoms with Crippen LogP contribution >= 0.6 is 0 Å². The normalized spacial score (nSPS) is 10.3. The van der Waals surface area contributed by atoms with Gasteiger partial charge >= 0.3 is 0 Å². The Balaban J connectivity index is 2.00. The van der Waals surface area contributed by atoms with Gasteiger partial charge in [0.15, 0.2) is 0 Å². The predicted octanol–water partition coefficient (Wildman–Crippen LogP) is 2.87. The van der Waals surface area contributed by atoms with Crippen LogP contribution in [0.5, 0.6) is 5.75 Å². The number of ether oxygens (including phenoxy) is 1. The zero-order chi connectivity index (χ0) is 15.9. The van der Waals surface area contributed by atoms with Crippen LogP contribution in [0.4, 0.5) is 5.69 Å². The van der Waals surface area contributed by atoms with Gasteiger partial charge in [-0.1, -0.05) is 24.3 Å². The van der Waals surface area contributed by atoms with E-state index >= 15 is 0 Å². The Kier molecular flexibility index (Phi) is 5.42. The summed E-state index contributed by atoms with van der Waals surface area (Å²) in [5, 5.41) is 0. The van der Waals surface area contributed by atoms with Gasteiger partial charge in [-0.15, -0.1) is 0 Å². The van der Waals surface area contributed by atoms with Crippen molar-refractivity contribution in [3.8, 4) is 5.75 Å². The smallest absolute Gasteiger partial charge is 0.227 e.